The fourth-order valence-electron chi connectivity index (χ4n) is 1.50. The Morgan fingerprint density at radius 1 is 1.39 bits per heavy atom. The standard InChI is InChI=1S/C11H6ClN3OS2/c12-9-7(15-4-6-18-11(15)14-9)1-2-8(16)10-13-3-5-17-10/h1-6H/b2-1+. The molecular weight excluding hydrogens is 290 g/mol. The van der Waals surface area contributed by atoms with Gasteiger partial charge in [-0.05, 0) is 12.2 Å². The number of carbonyl (C=O) groups is 1. The lowest BCUT2D eigenvalue weighted by molar-refractivity contribution is 0.104. The predicted octanol–water partition coefficient (Wildman–Crippen LogP) is 3.40. The van der Waals surface area contributed by atoms with Gasteiger partial charge in [-0.3, -0.25) is 9.20 Å². The molecule has 0 aliphatic carbocycles. The summed E-state index contributed by atoms with van der Waals surface area (Å²) in [5.41, 5.74) is 0.706. The van der Waals surface area contributed by atoms with Crippen molar-refractivity contribution in [2.75, 3.05) is 0 Å². The lowest BCUT2D eigenvalue weighted by atomic mass is 10.3. The number of aromatic nitrogens is 3. The van der Waals surface area contributed by atoms with E-state index in [1.165, 1.54) is 28.7 Å². The van der Waals surface area contributed by atoms with Gasteiger partial charge in [-0.25, -0.2) is 9.97 Å². The maximum Gasteiger partial charge on any atom is 0.214 e. The monoisotopic (exact) mass is 295 g/mol. The minimum Gasteiger partial charge on any atom is -0.289 e. The molecule has 0 saturated carbocycles. The second kappa shape index (κ2) is 4.64. The van der Waals surface area contributed by atoms with Gasteiger partial charge in [-0.2, -0.15) is 0 Å². The molecule has 18 heavy (non-hydrogen) atoms. The number of ketones is 1. The van der Waals surface area contributed by atoms with Gasteiger partial charge in [0.1, 0.15) is 0 Å². The van der Waals surface area contributed by atoms with Crippen molar-refractivity contribution in [3.05, 3.63) is 45.1 Å². The summed E-state index contributed by atoms with van der Waals surface area (Å²) in [6.07, 6.45) is 6.60. The van der Waals surface area contributed by atoms with E-state index >= 15 is 0 Å². The number of hydrogen-bond acceptors (Lipinski definition) is 5. The number of fused-ring (bicyclic) bond motifs is 1. The summed E-state index contributed by atoms with van der Waals surface area (Å²) < 4.78 is 1.85. The first-order valence-electron chi connectivity index (χ1n) is 4.98. The van der Waals surface area contributed by atoms with Crippen LogP contribution >= 0.6 is 34.3 Å². The van der Waals surface area contributed by atoms with Crippen molar-refractivity contribution in [3.8, 4) is 0 Å². The first-order chi connectivity index (χ1) is 8.75. The van der Waals surface area contributed by atoms with Gasteiger partial charge in [0.15, 0.2) is 15.1 Å². The highest BCUT2D eigenvalue weighted by Gasteiger charge is 2.09. The van der Waals surface area contributed by atoms with Crippen molar-refractivity contribution in [1.82, 2.24) is 14.4 Å². The van der Waals surface area contributed by atoms with E-state index in [-0.39, 0.29) is 5.78 Å². The molecule has 0 radical (unpaired) electrons. The molecule has 7 heteroatoms. The molecule has 0 aromatic carbocycles. The molecular formula is C11H6ClN3OS2. The molecule has 0 atom stereocenters. The summed E-state index contributed by atoms with van der Waals surface area (Å²) in [4.78, 5) is 20.7. The second-order valence-corrected chi connectivity index (χ2v) is 5.50. The lowest BCUT2D eigenvalue weighted by Gasteiger charge is -1.91. The van der Waals surface area contributed by atoms with Crippen LogP contribution in [-0.2, 0) is 0 Å². The van der Waals surface area contributed by atoms with E-state index in [0.29, 0.717) is 15.9 Å². The average Bonchev–Trinajstić information content (AvgIpc) is 3.02. The molecule has 90 valence electrons. The highest BCUT2D eigenvalue weighted by molar-refractivity contribution is 7.15. The van der Waals surface area contributed by atoms with Crippen molar-refractivity contribution >= 4 is 51.1 Å². The molecule has 3 heterocycles. The SMILES string of the molecule is O=C(/C=C/c1c(Cl)nc2sccn12)c1nccs1. The van der Waals surface area contributed by atoms with Crippen LogP contribution in [0.15, 0.2) is 29.2 Å². The minimum absolute atomic E-state index is 0.133. The average molecular weight is 296 g/mol. The topological polar surface area (TPSA) is 47.3 Å². The Hall–Kier alpha value is -1.50. The van der Waals surface area contributed by atoms with E-state index in [4.69, 9.17) is 11.6 Å². The highest BCUT2D eigenvalue weighted by Crippen LogP contribution is 2.22. The van der Waals surface area contributed by atoms with Crippen LogP contribution in [0.5, 0.6) is 0 Å². The van der Waals surface area contributed by atoms with E-state index < -0.39 is 0 Å². The van der Waals surface area contributed by atoms with Crippen LogP contribution in [-0.4, -0.2) is 20.2 Å². The molecule has 0 unspecified atom stereocenters. The van der Waals surface area contributed by atoms with Crippen LogP contribution in [0.25, 0.3) is 11.0 Å². The van der Waals surface area contributed by atoms with E-state index in [1.807, 2.05) is 16.0 Å². The summed E-state index contributed by atoms with van der Waals surface area (Å²) in [5.74, 6) is -0.133. The number of thiazole rings is 2. The van der Waals surface area contributed by atoms with Gasteiger partial charge in [-0.1, -0.05) is 11.6 Å². The summed E-state index contributed by atoms with van der Waals surface area (Å²) >= 11 is 8.82. The molecule has 0 aliphatic rings. The number of hydrogen-bond donors (Lipinski definition) is 0. The molecule has 0 N–H and O–H groups in total. The van der Waals surface area contributed by atoms with Crippen molar-refractivity contribution < 1.29 is 4.79 Å². The summed E-state index contributed by atoms with van der Waals surface area (Å²) in [6.45, 7) is 0. The Kier molecular flexibility index (Phi) is 2.99. The lowest BCUT2D eigenvalue weighted by Crippen LogP contribution is -1.92. The Morgan fingerprint density at radius 2 is 2.28 bits per heavy atom. The first-order valence-corrected chi connectivity index (χ1v) is 7.12. The number of halogens is 1. The van der Waals surface area contributed by atoms with E-state index in [9.17, 15) is 4.79 Å². The van der Waals surface area contributed by atoms with Gasteiger partial charge < -0.3 is 0 Å². The van der Waals surface area contributed by atoms with Crippen molar-refractivity contribution in [3.63, 3.8) is 0 Å². The molecule has 0 amide bonds. The third-order valence-corrected chi connectivity index (χ3v) is 4.11. The molecule has 0 spiro atoms. The molecule has 0 bridgehead atoms. The minimum atomic E-state index is -0.133. The van der Waals surface area contributed by atoms with Crippen molar-refractivity contribution in [1.29, 1.82) is 0 Å². The molecule has 0 fully saturated rings. The molecule has 3 aromatic heterocycles. The second-order valence-electron chi connectivity index (χ2n) is 3.38. The maximum atomic E-state index is 11.8. The van der Waals surface area contributed by atoms with Gasteiger partial charge >= 0.3 is 0 Å². The van der Waals surface area contributed by atoms with Crippen LogP contribution in [0.4, 0.5) is 0 Å². The zero-order valence-corrected chi connectivity index (χ0v) is 11.3. The Bertz CT molecular complexity index is 727. The zero-order chi connectivity index (χ0) is 12.5. The predicted molar refractivity (Wildman–Crippen MR) is 73.6 cm³/mol. The number of imidazole rings is 1. The van der Waals surface area contributed by atoms with E-state index in [0.717, 1.165) is 4.96 Å². The Morgan fingerprint density at radius 3 is 3.06 bits per heavy atom. The molecule has 3 rings (SSSR count). The van der Waals surface area contributed by atoms with Crippen LogP contribution in [0, 0.1) is 0 Å². The molecule has 4 nitrogen and oxygen atoms in total. The third kappa shape index (κ3) is 1.98. The van der Waals surface area contributed by atoms with E-state index in [1.54, 1.807) is 17.7 Å². The van der Waals surface area contributed by atoms with Crippen LogP contribution in [0.1, 0.15) is 15.5 Å². The number of rotatable bonds is 3. The first kappa shape index (κ1) is 11.6. The number of carbonyl (C=O) groups excluding carboxylic acids is 1. The highest BCUT2D eigenvalue weighted by atomic mass is 35.5. The Balaban J connectivity index is 1.94. The van der Waals surface area contributed by atoms with Gasteiger partial charge in [0.2, 0.25) is 5.78 Å². The number of nitrogens with zero attached hydrogens (tertiary/aromatic N) is 3. The van der Waals surface area contributed by atoms with Crippen molar-refractivity contribution in [2.24, 2.45) is 0 Å². The summed E-state index contributed by atoms with van der Waals surface area (Å²) in [6, 6.07) is 0. The van der Waals surface area contributed by atoms with Crippen LogP contribution in [0.2, 0.25) is 5.15 Å². The molecule has 0 aliphatic heterocycles. The quantitative estimate of drug-likeness (QED) is 0.549. The van der Waals surface area contributed by atoms with Crippen LogP contribution < -0.4 is 0 Å². The smallest absolute Gasteiger partial charge is 0.214 e. The fourth-order valence-corrected chi connectivity index (χ4v) is 3.06. The third-order valence-electron chi connectivity index (χ3n) is 2.29. The Labute approximate surface area is 115 Å². The summed E-state index contributed by atoms with van der Waals surface area (Å²) in [7, 11) is 0. The van der Waals surface area contributed by atoms with Crippen molar-refractivity contribution in [2.45, 2.75) is 0 Å². The largest absolute Gasteiger partial charge is 0.289 e. The molecule has 0 saturated heterocycles. The normalized spacial score (nSPS) is 11.6. The van der Waals surface area contributed by atoms with Gasteiger partial charge in [0.05, 0.1) is 5.69 Å². The summed E-state index contributed by atoms with van der Waals surface area (Å²) in [5, 5.41) is 4.54. The maximum absolute atomic E-state index is 11.8. The zero-order valence-electron chi connectivity index (χ0n) is 8.91. The molecule has 3 aromatic rings. The van der Waals surface area contributed by atoms with Gasteiger partial charge in [0, 0.05) is 23.2 Å². The van der Waals surface area contributed by atoms with E-state index in [2.05, 4.69) is 9.97 Å². The van der Waals surface area contributed by atoms with Gasteiger partial charge in [0.25, 0.3) is 0 Å². The van der Waals surface area contributed by atoms with Gasteiger partial charge in [-0.15, -0.1) is 22.7 Å². The van der Waals surface area contributed by atoms with Crippen LogP contribution in [0.3, 0.4) is 0 Å². The number of allylic oxidation sites excluding steroid dienone is 1. The fraction of sp³-hybridized carbons (Fsp3) is 0.